The van der Waals surface area contributed by atoms with E-state index >= 15 is 0 Å². The quantitative estimate of drug-likeness (QED) is 0.896. The van der Waals surface area contributed by atoms with Crippen molar-refractivity contribution in [3.05, 3.63) is 53.1 Å². The van der Waals surface area contributed by atoms with Crippen molar-refractivity contribution in [1.29, 1.82) is 5.26 Å². The molecule has 1 heterocycles. The number of benzene rings is 1. The highest BCUT2D eigenvalue weighted by molar-refractivity contribution is 6.29. The number of carbonyl (C=O) groups is 1. The Bertz CT molecular complexity index is 636. The molecule has 88 valence electrons. The van der Waals surface area contributed by atoms with Crippen molar-refractivity contribution in [3.63, 3.8) is 0 Å². The van der Waals surface area contributed by atoms with Crippen LogP contribution in [0.3, 0.4) is 0 Å². The molecule has 2 aromatic rings. The molecule has 1 aromatic heterocycles. The second kappa shape index (κ2) is 5.25. The maximum atomic E-state index is 11.9. The molecule has 1 N–H and O–H groups in total. The maximum Gasteiger partial charge on any atom is 0.275 e. The van der Waals surface area contributed by atoms with Crippen LogP contribution in [0.25, 0.3) is 0 Å². The third-order valence-corrected chi connectivity index (χ3v) is 2.32. The molecule has 0 radical (unpaired) electrons. The lowest BCUT2D eigenvalue weighted by Crippen LogP contribution is -2.14. The second-order valence-corrected chi connectivity index (χ2v) is 3.73. The zero-order valence-electron chi connectivity index (χ0n) is 9.09. The number of nitriles is 1. The van der Waals surface area contributed by atoms with Crippen LogP contribution in [0, 0.1) is 11.3 Å². The molecule has 0 atom stereocenters. The summed E-state index contributed by atoms with van der Waals surface area (Å²) in [6.07, 6.45) is 2.64. The van der Waals surface area contributed by atoms with E-state index in [1.807, 2.05) is 6.07 Å². The Morgan fingerprint density at radius 1 is 1.33 bits per heavy atom. The minimum atomic E-state index is -0.465. The first-order valence-corrected chi connectivity index (χ1v) is 5.36. The van der Waals surface area contributed by atoms with E-state index in [0.29, 0.717) is 11.3 Å². The van der Waals surface area contributed by atoms with Gasteiger partial charge in [-0.15, -0.1) is 0 Å². The van der Waals surface area contributed by atoms with Gasteiger partial charge in [0.25, 0.3) is 5.91 Å². The number of aromatic nitrogens is 2. The summed E-state index contributed by atoms with van der Waals surface area (Å²) in [5.41, 5.74) is 0.892. The topological polar surface area (TPSA) is 78.7 Å². The number of carbonyl (C=O) groups excluding carboxylic acids is 1. The molecule has 18 heavy (non-hydrogen) atoms. The van der Waals surface area contributed by atoms with E-state index in [4.69, 9.17) is 16.9 Å². The molecule has 0 aliphatic rings. The van der Waals surface area contributed by atoms with Crippen molar-refractivity contribution < 1.29 is 4.79 Å². The molecule has 1 aromatic carbocycles. The fraction of sp³-hybridized carbons (Fsp3) is 0. The third kappa shape index (κ3) is 2.62. The Morgan fingerprint density at radius 2 is 2.11 bits per heavy atom. The summed E-state index contributed by atoms with van der Waals surface area (Å²) in [5.74, 6) is -0.465. The van der Waals surface area contributed by atoms with E-state index in [1.165, 1.54) is 12.4 Å². The minimum absolute atomic E-state index is 0.0928. The Hall–Kier alpha value is -2.45. The lowest BCUT2D eigenvalue weighted by molar-refractivity contribution is 0.102. The van der Waals surface area contributed by atoms with Crippen LogP contribution >= 0.6 is 11.6 Å². The molecule has 6 heteroatoms. The van der Waals surface area contributed by atoms with Crippen LogP contribution in [-0.2, 0) is 0 Å². The largest absolute Gasteiger partial charge is 0.319 e. The van der Waals surface area contributed by atoms with E-state index in [0.717, 1.165) is 0 Å². The molecule has 0 saturated carbocycles. The predicted molar refractivity (Wildman–Crippen MR) is 66.2 cm³/mol. The normalized spacial score (nSPS) is 9.56. The van der Waals surface area contributed by atoms with Gasteiger partial charge in [-0.3, -0.25) is 9.78 Å². The van der Waals surface area contributed by atoms with Crippen LogP contribution in [0.2, 0.25) is 5.15 Å². The fourth-order valence-electron chi connectivity index (χ4n) is 1.33. The minimum Gasteiger partial charge on any atom is -0.319 e. The van der Waals surface area contributed by atoms with Crippen molar-refractivity contribution >= 4 is 23.2 Å². The van der Waals surface area contributed by atoms with Gasteiger partial charge in [-0.05, 0) is 12.1 Å². The van der Waals surface area contributed by atoms with E-state index in [1.54, 1.807) is 24.3 Å². The molecule has 0 saturated heterocycles. The van der Waals surface area contributed by atoms with E-state index in [2.05, 4.69) is 15.3 Å². The zero-order chi connectivity index (χ0) is 13.0. The van der Waals surface area contributed by atoms with Gasteiger partial charge in [-0.25, -0.2) is 4.98 Å². The van der Waals surface area contributed by atoms with Crippen molar-refractivity contribution in [2.75, 3.05) is 5.32 Å². The van der Waals surface area contributed by atoms with Gasteiger partial charge in [0.1, 0.15) is 16.9 Å². The van der Waals surface area contributed by atoms with Gasteiger partial charge in [-0.2, -0.15) is 5.26 Å². The Labute approximate surface area is 108 Å². The number of hydrogen-bond acceptors (Lipinski definition) is 4. The first kappa shape index (κ1) is 12.0. The number of anilines is 1. The highest BCUT2D eigenvalue weighted by Gasteiger charge is 2.10. The van der Waals surface area contributed by atoms with Crippen molar-refractivity contribution in [1.82, 2.24) is 9.97 Å². The van der Waals surface area contributed by atoms with Crippen LogP contribution in [0.5, 0.6) is 0 Å². The lowest BCUT2D eigenvalue weighted by Gasteiger charge is -2.05. The average Bonchev–Trinajstić information content (AvgIpc) is 2.39. The van der Waals surface area contributed by atoms with Crippen LogP contribution in [-0.4, -0.2) is 15.9 Å². The molecule has 2 rings (SSSR count). The summed E-state index contributed by atoms with van der Waals surface area (Å²) in [6.45, 7) is 0. The van der Waals surface area contributed by atoms with Crippen molar-refractivity contribution in [2.45, 2.75) is 0 Å². The third-order valence-electron chi connectivity index (χ3n) is 2.13. The van der Waals surface area contributed by atoms with E-state index in [-0.39, 0.29) is 10.8 Å². The molecule has 5 nitrogen and oxygen atoms in total. The van der Waals surface area contributed by atoms with Gasteiger partial charge in [0.15, 0.2) is 0 Å². The van der Waals surface area contributed by atoms with Crippen LogP contribution < -0.4 is 5.32 Å². The van der Waals surface area contributed by atoms with Gasteiger partial charge >= 0.3 is 0 Å². The van der Waals surface area contributed by atoms with Gasteiger partial charge < -0.3 is 5.32 Å². The maximum absolute atomic E-state index is 11.9. The molecule has 0 spiro atoms. The molecule has 1 amide bonds. The number of halogens is 1. The molecule has 0 bridgehead atoms. The number of para-hydroxylation sites is 1. The molecule has 0 aliphatic heterocycles. The van der Waals surface area contributed by atoms with Crippen LogP contribution in [0.15, 0.2) is 36.7 Å². The summed E-state index contributed by atoms with van der Waals surface area (Å²) in [7, 11) is 0. The zero-order valence-corrected chi connectivity index (χ0v) is 9.85. The molecule has 0 aliphatic carbocycles. The number of rotatable bonds is 2. The monoisotopic (exact) mass is 258 g/mol. The molecular weight excluding hydrogens is 252 g/mol. The fourth-order valence-corrected chi connectivity index (χ4v) is 1.47. The lowest BCUT2D eigenvalue weighted by atomic mass is 10.2. The Kier molecular flexibility index (Phi) is 3.51. The molecule has 0 fully saturated rings. The number of amides is 1. The van der Waals surface area contributed by atoms with E-state index in [9.17, 15) is 4.79 Å². The number of nitrogens with one attached hydrogen (secondary N) is 1. The van der Waals surface area contributed by atoms with Gasteiger partial charge in [0, 0.05) is 0 Å². The standard InChI is InChI=1S/C12H7ClN4O/c13-11-7-15-6-10(16-11)12(18)17-9-4-2-1-3-8(9)5-14/h1-4,6-7H,(H,17,18). The average molecular weight is 259 g/mol. The first-order valence-electron chi connectivity index (χ1n) is 4.99. The summed E-state index contributed by atoms with van der Waals surface area (Å²) in [6, 6.07) is 8.67. The van der Waals surface area contributed by atoms with Crippen molar-refractivity contribution in [3.8, 4) is 6.07 Å². The number of hydrogen-bond donors (Lipinski definition) is 1. The van der Waals surface area contributed by atoms with E-state index < -0.39 is 5.91 Å². The van der Waals surface area contributed by atoms with Crippen LogP contribution in [0.4, 0.5) is 5.69 Å². The summed E-state index contributed by atoms with van der Waals surface area (Å²) in [4.78, 5) is 19.5. The van der Waals surface area contributed by atoms with Gasteiger partial charge in [-0.1, -0.05) is 23.7 Å². The van der Waals surface area contributed by atoms with Gasteiger partial charge in [0.2, 0.25) is 0 Å². The van der Waals surface area contributed by atoms with Crippen LogP contribution in [0.1, 0.15) is 16.1 Å². The highest BCUT2D eigenvalue weighted by atomic mass is 35.5. The van der Waals surface area contributed by atoms with Gasteiger partial charge in [0.05, 0.1) is 23.6 Å². The Morgan fingerprint density at radius 3 is 2.83 bits per heavy atom. The molecular formula is C12H7ClN4O. The smallest absolute Gasteiger partial charge is 0.275 e. The SMILES string of the molecule is N#Cc1ccccc1NC(=O)c1cncc(Cl)n1. The van der Waals surface area contributed by atoms with Crippen molar-refractivity contribution in [2.24, 2.45) is 0 Å². The summed E-state index contributed by atoms with van der Waals surface area (Å²) < 4.78 is 0. The summed E-state index contributed by atoms with van der Waals surface area (Å²) >= 11 is 5.64. The predicted octanol–water partition coefficient (Wildman–Crippen LogP) is 2.25. The highest BCUT2D eigenvalue weighted by Crippen LogP contribution is 2.14. The second-order valence-electron chi connectivity index (χ2n) is 3.34. The summed E-state index contributed by atoms with van der Waals surface area (Å²) in [5, 5.41) is 11.6. The first-order chi connectivity index (χ1) is 8.70. The molecule has 0 unspecified atom stereocenters. The Balaban J connectivity index is 2.25. The number of nitrogens with zero attached hydrogens (tertiary/aromatic N) is 3.